The highest BCUT2D eigenvalue weighted by molar-refractivity contribution is 5.79. The van der Waals surface area contributed by atoms with Crippen molar-refractivity contribution in [3.05, 3.63) is 36.3 Å². The lowest BCUT2D eigenvalue weighted by atomic mass is 10.0. The molecule has 0 radical (unpaired) electrons. The fraction of sp³-hybridized carbons (Fsp3) is 0.556. The molecule has 7 nitrogen and oxygen atoms in total. The Morgan fingerprint density at radius 2 is 2.20 bits per heavy atom. The molecule has 25 heavy (non-hydrogen) atoms. The Hall–Kier alpha value is -1.96. The monoisotopic (exact) mass is 347 g/mol. The van der Waals surface area contributed by atoms with Crippen molar-refractivity contribution in [2.75, 3.05) is 19.8 Å². The van der Waals surface area contributed by atoms with Gasteiger partial charge >= 0.3 is 0 Å². The quantitative estimate of drug-likeness (QED) is 0.822. The number of hydrogen-bond donors (Lipinski definition) is 2. The average molecular weight is 347 g/mol. The van der Waals surface area contributed by atoms with Crippen molar-refractivity contribution in [2.24, 2.45) is 5.92 Å². The molecule has 3 atom stereocenters. The Balaban J connectivity index is 1.78. The van der Waals surface area contributed by atoms with Crippen molar-refractivity contribution in [2.45, 2.75) is 38.5 Å². The fourth-order valence-corrected chi connectivity index (χ4v) is 3.18. The standard InChI is InChI=1S/C18H25N3O4/c1-12(2)8-21(14-10-25-11-15(22)18(14)24)17(23)7-13-9-20-6-4-3-5-16(20)19-13/h3-6,9,12,14-15,18,22,24H,7-8,10-11H2,1-2H3/t14-,15-,18+/m1/s1. The van der Waals surface area contributed by atoms with Crippen LogP contribution in [0.5, 0.6) is 0 Å². The highest BCUT2D eigenvalue weighted by Gasteiger charge is 2.37. The largest absolute Gasteiger partial charge is 0.388 e. The summed E-state index contributed by atoms with van der Waals surface area (Å²) in [5.74, 6) is 0.107. The third-order valence-electron chi connectivity index (χ3n) is 4.39. The van der Waals surface area contributed by atoms with E-state index in [0.717, 1.165) is 5.65 Å². The van der Waals surface area contributed by atoms with E-state index in [2.05, 4.69) is 4.98 Å². The summed E-state index contributed by atoms with van der Waals surface area (Å²) >= 11 is 0. The number of hydrogen-bond acceptors (Lipinski definition) is 5. The molecule has 1 amide bonds. The van der Waals surface area contributed by atoms with Crippen LogP contribution in [0, 0.1) is 5.92 Å². The second-order valence-corrected chi connectivity index (χ2v) is 6.98. The molecule has 2 aromatic rings. The maximum absolute atomic E-state index is 12.9. The van der Waals surface area contributed by atoms with Crippen LogP contribution < -0.4 is 0 Å². The number of nitrogens with zero attached hydrogens (tertiary/aromatic N) is 3. The predicted octanol–water partition coefficient (Wildman–Crippen LogP) is 0.482. The second-order valence-electron chi connectivity index (χ2n) is 6.98. The zero-order chi connectivity index (χ0) is 18.0. The maximum Gasteiger partial charge on any atom is 0.229 e. The Labute approximate surface area is 146 Å². The van der Waals surface area contributed by atoms with Gasteiger partial charge in [0.1, 0.15) is 17.9 Å². The third-order valence-corrected chi connectivity index (χ3v) is 4.39. The van der Waals surface area contributed by atoms with Gasteiger partial charge in [-0.2, -0.15) is 0 Å². The van der Waals surface area contributed by atoms with Gasteiger partial charge < -0.3 is 24.3 Å². The second kappa shape index (κ2) is 7.51. The number of amides is 1. The molecule has 1 aliphatic rings. The first kappa shape index (κ1) is 17.8. The molecule has 1 saturated heterocycles. The topological polar surface area (TPSA) is 87.3 Å². The van der Waals surface area contributed by atoms with Gasteiger partial charge in [-0.05, 0) is 18.1 Å². The average Bonchev–Trinajstić information content (AvgIpc) is 2.97. The minimum absolute atomic E-state index is 0.0911. The summed E-state index contributed by atoms with van der Waals surface area (Å²) < 4.78 is 7.22. The predicted molar refractivity (Wildman–Crippen MR) is 92.1 cm³/mol. The molecule has 2 N–H and O–H groups in total. The van der Waals surface area contributed by atoms with E-state index in [-0.39, 0.29) is 31.5 Å². The summed E-state index contributed by atoms with van der Waals surface area (Å²) in [5, 5.41) is 20.2. The number of fused-ring (bicyclic) bond motifs is 1. The Kier molecular flexibility index (Phi) is 5.36. The summed E-state index contributed by atoms with van der Waals surface area (Å²) in [4.78, 5) is 19.0. The smallest absolute Gasteiger partial charge is 0.229 e. The minimum Gasteiger partial charge on any atom is -0.388 e. The van der Waals surface area contributed by atoms with E-state index < -0.39 is 18.2 Å². The van der Waals surface area contributed by atoms with Gasteiger partial charge in [-0.1, -0.05) is 19.9 Å². The van der Waals surface area contributed by atoms with E-state index in [1.54, 1.807) is 4.90 Å². The summed E-state index contributed by atoms with van der Waals surface area (Å²) in [6.07, 6.45) is 1.89. The first-order valence-corrected chi connectivity index (χ1v) is 8.61. The lowest BCUT2D eigenvalue weighted by Gasteiger charge is -2.40. The number of carbonyl (C=O) groups excluding carboxylic acids is 1. The van der Waals surface area contributed by atoms with Crippen LogP contribution in [-0.2, 0) is 16.0 Å². The van der Waals surface area contributed by atoms with Crippen LogP contribution in [0.25, 0.3) is 5.65 Å². The van der Waals surface area contributed by atoms with Gasteiger partial charge in [-0.15, -0.1) is 0 Å². The third kappa shape index (κ3) is 4.00. The van der Waals surface area contributed by atoms with Gasteiger partial charge in [0.2, 0.25) is 5.91 Å². The van der Waals surface area contributed by atoms with Crippen LogP contribution in [0.15, 0.2) is 30.6 Å². The number of aliphatic hydroxyl groups is 2. The number of pyridine rings is 1. The van der Waals surface area contributed by atoms with Gasteiger partial charge in [0.25, 0.3) is 0 Å². The number of imidazole rings is 1. The first-order valence-electron chi connectivity index (χ1n) is 8.61. The molecule has 0 aromatic carbocycles. The molecule has 0 aliphatic carbocycles. The Bertz CT molecular complexity index is 697. The lowest BCUT2D eigenvalue weighted by molar-refractivity contribution is -0.156. The highest BCUT2D eigenvalue weighted by atomic mass is 16.5. The minimum atomic E-state index is -1.00. The molecule has 136 valence electrons. The number of ether oxygens (including phenoxy) is 1. The van der Waals surface area contributed by atoms with Gasteiger partial charge in [0, 0.05) is 18.9 Å². The van der Waals surface area contributed by atoms with Gasteiger partial charge in [0.15, 0.2) is 0 Å². The van der Waals surface area contributed by atoms with Crippen LogP contribution in [-0.4, -0.2) is 68.4 Å². The van der Waals surface area contributed by atoms with E-state index in [9.17, 15) is 15.0 Å². The van der Waals surface area contributed by atoms with Crippen molar-refractivity contribution in [1.82, 2.24) is 14.3 Å². The zero-order valence-corrected chi connectivity index (χ0v) is 14.6. The normalized spacial score (nSPS) is 24.0. The summed E-state index contributed by atoms with van der Waals surface area (Å²) in [6.45, 7) is 4.83. The molecule has 0 bridgehead atoms. The summed E-state index contributed by atoms with van der Waals surface area (Å²) in [5.41, 5.74) is 1.47. The van der Waals surface area contributed by atoms with Crippen molar-refractivity contribution >= 4 is 11.6 Å². The van der Waals surface area contributed by atoms with Crippen LogP contribution >= 0.6 is 0 Å². The van der Waals surface area contributed by atoms with Crippen LogP contribution in [0.1, 0.15) is 19.5 Å². The molecule has 7 heteroatoms. The van der Waals surface area contributed by atoms with Gasteiger partial charge in [0.05, 0.1) is 31.4 Å². The van der Waals surface area contributed by atoms with Crippen LogP contribution in [0.4, 0.5) is 0 Å². The molecule has 2 aromatic heterocycles. The number of aromatic nitrogens is 2. The van der Waals surface area contributed by atoms with Crippen molar-refractivity contribution in [3.8, 4) is 0 Å². The molecular weight excluding hydrogens is 322 g/mol. The molecule has 3 heterocycles. The number of rotatable bonds is 5. The molecule has 1 fully saturated rings. The zero-order valence-electron chi connectivity index (χ0n) is 14.6. The summed E-state index contributed by atoms with van der Waals surface area (Å²) in [7, 11) is 0. The number of carbonyl (C=O) groups is 1. The van der Waals surface area contributed by atoms with Crippen LogP contribution in [0.2, 0.25) is 0 Å². The molecule has 0 spiro atoms. The SMILES string of the molecule is CC(C)CN(C(=O)Cc1cn2ccccc2n1)[C@@H]1COC[C@@H](O)[C@H]1O. The van der Waals surface area contributed by atoms with E-state index in [4.69, 9.17) is 4.74 Å². The van der Waals surface area contributed by atoms with Crippen molar-refractivity contribution in [1.29, 1.82) is 0 Å². The van der Waals surface area contributed by atoms with Crippen molar-refractivity contribution < 1.29 is 19.7 Å². The van der Waals surface area contributed by atoms with E-state index in [0.29, 0.717) is 12.2 Å². The van der Waals surface area contributed by atoms with Gasteiger partial charge in [-0.3, -0.25) is 4.79 Å². The van der Waals surface area contributed by atoms with Crippen molar-refractivity contribution in [3.63, 3.8) is 0 Å². The van der Waals surface area contributed by atoms with Crippen LogP contribution in [0.3, 0.4) is 0 Å². The molecule has 0 saturated carbocycles. The van der Waals surface area contributed by atoms with E-state index in [1.165, 1.54) is 0 Å². The lowest BCUT2D eigenvalue weighted by Crippen LogP contribution is -2.58. The summed E-state index contributed by atoms with van der Waals surface area (Å²) in [6, 6.07) is 5.14. The van der Waals surface area contributed by atoms with E-state index in [1.807, 2.05) is 48.8 Å². The van der Waals surface area contributed by atoms with Gasteiger partial charge in [-0.25, -0.2) is 4.98 Å². The Morgan fingerprint density at radius 3 is 2.92 bits per heavy atom. The molecule has 0 unspecified atom stereocenters. The van der Waals surface area contributed by atoms with E-state index >= 15 is 0 Å². The highest BCUT2D eigenvalue weighted by Crippen LogP contribution is 2.18. The molecule has 1 aliphatic heterocycles. The molecular formula is C18H25N3O4. The number of aliphatic hydroxyl groups excluding tert-OH is 2. The Morgan fingerprint density at radius 1 is 1.40 bits per heavy atom. The first-order chi connectivity index (χ1) is 12.0. The molecule has 3 rings (SSSR count). The maximum atomic E-state index is 12.9. The fourth-order valence-electron chi connectivity index (χ4n) is 3.18.